The molecule has 1 amide bonds. The average Bonchev–Trinajstić information content (AvgIpc) is 2.55. The molecule has 0 aliphatic heterocycles. The Kier molecular flexibility index (Phi) is 5.05. The van der Waals surface area contributed by atoms with Crippen LogP contribution in [0.25, 0.3) is 10.8 Å². The van der Waals surface area contributed by atoms with Gasteiger partial charge in [-0.25, -0.2) is 4.79 Å². The molecule has 2 rings (SSSR count). The highest BCUT2D eigenvalue weighted by Gasteiger charge is 2.19. The van der Waals surface area contributed by atoms with E-state index >= 15 is 0 Å². The molecule has 0 fully saturated rings. The van der Waals surface area contributed by atoms with Gasteiger partial charge in [-0.2, -0.15) is 0 Å². The number of nitrogens with one attached hydrogen (secondary N) is 1. The van der Waals surface area contributed by atoms with Gasteiger partial charge >= 0.3 is 5.97 Å². The Morgan fingerprint density at radius 2 is 1.87 bits per heavy atom. The van der Waals surface area contributed by atoms with Crippen LogP contribution in [0.4, 0.5) is 0 Å². The summed E-state index contributed by atoms with van der Waals surface area (Å²) in [6.45, 7) is 3.32. The van der Waals surface area contributed by atoms with Crippen LogP contribution in [0, 0.1) is 0 Å². The molecular weight excluding hydrogens is 298 g/mol. The van der Waals surface area contributed by atoms with E-state index in [2.05, 4.69) is 5.32 Å². The molecule has 0 radical (unpaired) electrons. The highest BCUT2D eigenvalue weighted by Crippen LogP contribution is 2.35. The van der Waals surface area contributed by atoms with Crippen molar-refractivity contribution in [3.05, 3.63) is 35.9 Å². The number of ether oxygens (including phenoxy) is 1. The molecule has 6 nitrogen and oxygen atoms in total. The summed E-state index contributed by atoms with van der Waals surface area (Å²) in [5.74, 6) is -1.72. The fourth-order valence-corrected chi connectivity index (χ4v) is 2.12. The maximum Gasteiger partial charge on any atom is 0.342 e. The van der Waals surface area contributed by atoms with Gasteiger partial charge in [0.15, 0.2) is 6.61 Å². The molecule has 0 saturated carbocycles. The number of hydrogen-bond acceptors (Lipinski definition) is 5. The molecule has 0 unspecified atom stereocenters. The van der Waals surface area contributed by atoms with Crippen LogP contribution in [0.5, 0.6) is 11.5 Å². The lowest BCUT2D eigenvalue weighted by Crippen LogP contribution is -2.35. The van der Waals surface area contributed by atoms with E-state index in [0.717, 1.165) is 12.5 Å². The Bertz CT molecular complexity index is 741. The van der Waals surface area contributed by atoms with E-state index in [1.807, 2.05) is 13.8 Å². The quantitative estimate of drug-likeness (QED) is 0.581. The third kappa shape index (κ3) is 3.71. The van der Waals surface area contributed by atoms with Gasteiger partial charge in [0.1, 0.15) is 17.1 Å². The van der Waals surface area contributed by atoms with Gasteiger partial charge in [-0.15, -0.1) is 0 Å². The summed E-state index contributed by atoms with van der Waals surface area (Å²) < 4.78 is 4.90. The van der Waals surface area contributed by atoms with Crippen LogP contribution >= 0.6 is 0 Å². The van der Waals surface area contributed by atoms with E-state index in [1.54, 1.807) is 24.3 Å². The largest absolute Gasteiger partial charge is 0.507 e. The van der Waals surface area contributed by atoms with Crippen molar-refractivity contribution in [2.24, 2.45) is 0 Å². The summed E-state index contributed by atoms with van der Waals surface area (Å²) in [6, 6.07) is 7.71. The number of carbonyl (C=O) groups excluding carboxylic acids is 2. The second-order valence-electron chi connectivity index (χ2n) is 5.29. The molecule has 0 aliphatic rings. The number of esters is 1. The molecule has 2 aromatic rings. The average molecular weight is 317 g/mol. The first-order valence-corrected chi connectivity index (χ1v) is 7.34. The minimum Gasteiger partial charge on any atom is -0.507 e. The Morgan fingerprint density at radius 1 is 1.22 bits per heavy atom. The van der Waals surface area contributed by atoms with Gasteiger partial charge in [0.25, 0.3) is 5.91 Å². The van der Waals surface area contributed by atoms with E-state index in [9.17, 15) is 19.8 Å². The van der Waals surface area contributed by atoms with Crippen molar-refractivity contribution >= 4 is 22.6 Å². The maximum absolute atomic E-state index is 12.0. The first-order valence-electron chi connectivity index (χ1n) is 7.34. The van der Waals surface area contributed by atoms with E-state index in [-0.39, 0.29) is 23.1 Å². The number of carbonyl (C=O) groups is 2. The summed E-state index contributed by atoms with van der Waals surface area (Å²) in [5.41, 5.74) is -0.183. The molecule has 23 heavy (non-hydrogen) atoms. The minimum atomic E-state index is -0.872. The van der Waals surface area contributed by atoms with Gasteiger partial charge < -0.3 is 20.3 Å². The lowest BCUT2D eigenvalue weighted by Gasteiger charge is -2.12. The molecule has 1 atom stereocenters. The van der Waals surface area contributed by atoms with Gasteiger partial charge in [-0.3, -0.25) is 4.79 Å². The Morgan fingerprint density at radius 3 is 2.52 bits per heavy atom. The second kappa shape index (κ2) is 7.00. The Hall–Kier alpha value is -2.76. The van der Waals surface area contributed by atoms with Gasteiger partial charge in [0, 0.05) is 16.8 Å². The molecule has 6 heteroatoms. The second-order valence-corrected chi connectivity index (χ2v) is 5.29. The third-order valence-corrected chi connectivity index (χ3v) is 3.57. The Balaban J connectivity index is 2.15. The van der Waals surface area contributed by atoms with Crippen LogP contribution in [0.2, 0.25) is 0 Å². The van der Waals surface area contributed by atoms with Gasteiger partial charge in [0.05, 0.1) is 0 Å². The van der Waals surface area contributed by atoms with E-state index in [4.69, 9.17) is 4.74 Å². The zero-order chi connectivity index (χ0) is 17.0. The van der Waals surface area contributed by atoms with Crippen LogP contribution in [-0.2, 0) is 9.53 Å². The standard InChI is InChI=1S/C17H19NO5/c1-3-10(2)18-15(20)9-23-17(22)13-8-14(19)11-6-4-5-7-12(11)16(13)21/h4-8,10,19,21H,3,9H2,1-2H3,(H,18,20)/t10-/m0/s1. The SMILES string of the molecule is CC[C@H](C)NC(=O)COC(=O)c1cc(O)c2ccccc2c1O. The zero-order valence-electron chi connectivity index (χ0n) is 13.0. The van der Waals surface area contributed by atoms with Gasteiger partial charge in [-0.05, 0) is 19.4 Å². The smallest absolute Gasteiger partial charge is 0.342 e. The topological polar surface area (TPSA) is 95.9 Å². The summed E-state index contributed by atoms with van der Waals surface area (Å²) in [7, 11) is 0. The van der Waals surface area contributed by atoms with Crippen molar-refractivity contribution < 1.29 is 24.5 Å². The first kappa shape index (κ1) is 16.6. The number of rotatable bonds is 5. The molecule has 3 N–H and O–H groups in total. The highest BCUT2D eigenvalue weighted by atomic mass is 16.5. The van der Waals surface area contributed by atoms with Crippen molar-refractivity contribution in [2.45, 2.75) is 26.3 Å². The number of fused-ring (bicyclic) bond motifs is 1. The molecule has 0 bridgehead atoms. The molecule has 0 aromatic heterocycles. The van der Waals surface area contributed by atoms with E-state index < -0.39 is 18.5 Å². The number of aromatic hydroxyl groups is 2. The molecule has 0 saturated heterocycles. The summed E-state index contributed by atoms with van der Waals surface area (Å²) in [6.07, 6.45) is 0.763. The van der Waals surface area contributed by atoms with E-state index in [0.29, 0.717) is 10.8 Å². The highest BCUT2D eigenvalue weighted by molar-refractivity contribution is 6.04. The number of benzene rings is 2. The molecule has 2 aromatic carbocycles. The fourth-order valence-electron chi connectivity index (χ4n) is 2.12. The van der Waals surface area contributed by atoms with Gasteiger partial charge in [0.2, 0.25) is 0 Å². The monoisotopic (exact) mass is 317 g/mol. The zero-order valence-corrected chi connectivity index (χ0v) is 13.0. The van der Waals surface area contributed by atoms with Crippen LogP contribution in [0.1, 0.15) is 30.6 Å². The van der Waals surface area contributed by atoms with Crippen molar-refractivity contribution in [3.8, 4) is 11.5 Å². The predicted molar refractivity (Wildman–Crippen MR) is 85.5 cm³/mol. The third-order valence-electron chi connectivity index (χ3n) is 3.57. The Labute approximate surface area is 133 Å². The predicted octanol–water partition coefficient (Wildman–Crippen LogP) is 2.32. The number of amides is 1. The number of hydrogen-bond donors (Lipinski definition) is 3. The van der Waals surface area contributed by atoms with Crippen LogP contribution < -0.4 is 5.32 Å². The van der Waals surface area contributed by atoms with Crippen molar-refractivity contribution in [1.29, 1.82) is 0 Å². The number of phenolic OH excluding ortho intramolecular Hbond substituents is 2. The van der Waals surface area contributed by atoms with Crippen molar-refractivity contribution in [3.63, 3.8) is 0 Å². The van der Waals surface area contributed by atoms with Crippen LogP contribution in [0.15, 0.2) is 30.3 Å². The lowest BCUT2D eigenvalue weighted by molar-refractivity contribution is -0.124. The molecule has 0 aliphatic carbocycles. The van der Waals surface area contributed by atoms with Crippen molar-refractivity contribution in [2.75, 3.05) is 6.61 Å². The lowest BCUT2D eigenvalue weighted by atomic mass is 10.0. The van der Waals surface area contributed by atoms with Gasteiger partial charge in [-0.1, -0.05) is 31.2 Å². The van der Waals surface area contributed by atoms with Crippen LogP contribution in [-0.4, -0.2) is 34.7 Å². The molecule has 0 heterocycles. The molecular formula is C17H19NO5. The molecule has 0 spiro atoms. The minimum absolute atomic E-state index is 0.0145. The van der Waals surface area contributed by atoms with E-state index in [1.165, 1.54) is 0 Å². The summed E-state index contributed by atoms with van der Waals surface area (Å²) >= 11 is 0. The molecule has 122 valence electrons. The summed E-state index contributed by atoms with van der Waals surface area (Å²) in [5, 5.41) is 23.6. The normalized spacial score (nSPS) is 11.9. The summed E-state index contributed by atoms with van der Waals surface area (Å²) in [4.78, 5) is 23.7. The number of phenols is 2. The van der Waals surface area contributed by atoms with Crippen molar-refractivity contribution in [1.82, 2.24) is 5.32 Å². The fraction of sp³-hybridized carbons (Fsp3) is 0.294. The van der Waals surface area contributed by atoms with Crippen LogP contribution in [0.3, 0.4) is 0 Å². The first-order chi connectivity index (χ1) is 10.9. The maximum atomic E-state index is 12.0.